The van der Waals surface area contributed by atoms with Gasteiger partial charge in [0.15, 0.2) is 5.78 Å². The van der Waals surface area contributed by atoms with Crippen LogP contribution in [0.3, 0.4) is 0 Å². The maximum Gasteiger partial charge on any atom is 0.242 e. The maximum atomic E-state index is 13.2. The molecule has 0 unspecified atom stereocenters. The van der Waals surface area contributed by atoms with E-state index >= 15 is 0 Å². The van der Waals surface area contributed by atoms with Gasteiger partial charge in [-0.05, 0) is 55.7 Å². The van der Waals surface area contributed by atoms with Crippen LogP contribution in [0.25, 0.3) is 0 Å². The van der Waals surface area contributed by atoms with E-state index in [9.17, 15) is 18.0 Å². The van der Waals surface area contributed by atoms with Crippen molar-refractivity contribution in [2.45, 2.75) is 38.1 Å². The minimum absolute atomic E-state index is 0.0638. The number of sulfonamides is 1. The molecule has 34 heavy (non-hydrogen) atoms. The fourth-order valence-corrected chi connectivity index (χ4v) is 4.84. The fourth-order valence-electron chi connectivity index (χ4n) is 3.63. The quantitative estimate of drug-likeness (QED) is 0.391. The third-order valence-corrected chi connectivity index (χ3v) is 7.50. The first-order valence-electron chi connectivity index (χ1n) is 11.2. The Balaban J connectivity index is 1.67. The second-order valence-electron chi connectivity index (χ2n) is 8.32. The van der Waals surface area contributed by atoms with Gasteiger partial charge in [-0.3, -0.25) is 9.59 Å². The molecule has 0 aliphatic rings. The summed E-state index contributed by atoms with van der Waals surface area (Å²) in [4.78, 5) is 26.5. The Kier molecular flexibility index (Phi) is 8.36. The lowest BCUT2D eigenvalue weighted by molar-refractivity contribution is -0.118. The summed E-state index contributed by atoms with van der Waals surface area (Å²) in [5.41, 5.74) is 3.36. The van der Waals surface area contributed by atoms with Crippen LogP contribution >= 0.6 is 0 Å². The van der Waals surface area contributed by atoms with E-state index in [1.54, 1.807) is 4.90 Å². The van der Waals surface area contributed by atoms with Crippen molar-refractivity contribution < 1.29 is 18.0 Å². The van der Waals surface area contributed by atoms with Gasteiger partial charge in [-0.15, -0.1) is 0 Å². The van der Waals surface area contributed by atoms with E-state index in [0.29, 0.717) is 18.5 Å². The molecule has 0 saturated carbocycles. The number of ketones is 1. The molecule has 0 aliphatic carbocycles. The minimum atomic E-state index is -3.71. The van der Waals surface area contributed by atoms with Gasteiger partial charge in [-0.25, -0.2) is 12.7 Å². The van der Waals surface area contributed by atoms with Crippen molar-refractivity contribution in [1.82, 2.24) is 4.31 Å². The number of hydrogen-bond acceptors (Lipinski definition) is 4. The van der Waals surface area contributed by atoms with Crippen molar-refractivity contribution in [2.24, 2.45) is 0 Å². The molecule has 0 heterocycles. The third kappa shape index (κ3) is 6.40. The summed E-state index contributed by atoms with van der Waals surface area (Å²) in [6, 6.07) is 23.5. The largest absolute Gasteiger partial charge is 0.308 e. The molecular weight excluding hydrogens is 448 g/mol. The van der Waals surface area contributed by atoms with E-state index in [1.165, 1.54) is 42.5 Å². The highest BCUT2D eigenvalue weighted by Gasteiger charge is 2.22. The molecule has 3 rings (SSSR count). The van der Waals surface area contributed by atoms with Gasteiger partial charge in [-0.2, -0.15) is 0 Å². The summed E-state index contributed by atoms with van der Waals surface area (Å²) in [5.74, 6) is -0.185. The number of carbonyl (C=O) groups is 2. The number of anilines is 1. The van der Waals surface area contributed by atoms with Gasteiger partial charge >= 0.3 is 0 Å². The van der Waals surface area contributed by atoms with Crippen molar-refractivity contribution in [1.29, 1.82) is 0 Å². The Hall–Kier alpha value is -3.29. The van der Waals surface area contributed by atoms with Crippen LogP contribution < -0.4 is 4.90 Å². The molecule has 0 fully saturated rings. The van der Waals surface area contributed by atoms with Gasteiger partial charge in [0.2, 0.25) is 15.9 Å². The molecule has 0 aromatic heterocycles. The summed E-state index contributed by atoms with van der Waals surface area (Å²) in [6.07, 6.45) is 0.598. The van der Waals surface area contributed by atoms with Crippen molar-refractivity contribution in [3.8, 4) is 0 Å². The van der Waals surface area contributed by atoms with Crippen molar-refractivity contribution in [3.05, 3.63) is 95.6 Å². The van der Waals surface area contributed by atoms with Crippen molar-refractivity contribution >= 4 is 27.4 Å². The molecule has 0 spiro atoms. The Morgan fingerprint density at radius 3 is 2.18 bits per heavy atom. The van der Waals surface area contributed by atoms with E-state index in [4.69, 9.17) is 0 Å². The zero-order valence-electron chi connectivity index (χ0n) is 19.8. The highest BCUT2D eigenvalue weighted by molar-refractivity contribution is 7.89. The van der Waals surface area contributed by atoms with Crippen LogP contribution in [0.4, 0.5) is 5.69 Å². The van der Waals surface area contributed by atoms with E-state index in [0.717, 1.165) is 16.8 Å². The number of carbonyl (C=O) groups excluding carboxylic acids is 2. The highest BCUT2D eigenvalue weighted by atomic mass is 32.2. The average molecular weight is 479 g/mol. The zero-order valence-corrected chi connectivity index (χ0v) is 20.6. The smallest absolute Gasteiger partial charge is 0.242 e. The molecule has 7 heteroatoms. The Morgan fingerprint density at radius 1 is 0.882 bits per heavy atom. The van der Waals surface area contributed by atoms with E-state index in [2.05, 4.69) is 0 Å². The second kappa shape index (κ2) is 11.2. The lowest BCUT2D eigenvalue weighted by Crippen LogP contribution is -2.32. The molecule has 0 bridgehead atoms. The van der Waals surface area contributed by atoms with Crippen LogP contribution in [-0.4, -0.2) is 38.0 Å². The molecular formula is C27H30N2O4S. The SMILES string of the molecule is CC(=O)c1ccc(S(=O)(=O)N(C)CCCC(=O)N(Cc2ccccc2)c2cccc(C)c2)cc1. The summed E-state index contributed by atoms with van der Waals surface area (Å²) in [6.45, 7) is 4.07. The number of nitrogens with zero attached hydrogens (tertiary/aromatic N) is 2. The maximum absolute atomic E-state index is 13.2. The summed E-state index contributed by atoms with van der Waals surface area (Å²) in [5, 5.41) is 0. The first kappa shape index (κ1) is 25.3. The first-order valence-corrected chi connectivity index (χ1v) is 12.6. The van der Waals surface area contributed by atoms with Crippen molar-refractivity contribution in [2.75, 3.05) is 18.5 Å². The van der Waals surface area contributed by atoms with Gasteiger partial charge in [0.05, 0.1) is 11.4 Å². The number of amides is 1. The lowest BCUT2D eigenvalue weighted by Gasteiger charge is -2.24. The van der Waals surface area contributed by atoms with Crippen LogP contribution in [-0.2, 0) is 21.4 Å². The lowest BCUT2D eigenvalue weighted by atomic mass is 10.1. The molecule has 178 valence electrons. The van der Waals surface area contributed by atoms with Crippen LogP contribution in [0.15, 0.2) is 83.8 Å². The molecule has 1 amide bonds. The Labute approximate surface area is 201 Å². The molecule has 0 N–H and O–H groups in total. The van der Waals surface area contributed by atoms with E-state index in [-0.39, 0.29) is 29.6 Å². The zero-order chi connectivity index (χ0) is 24.7. The highest BCUT2D eigenvalue weighted by Crippen LogP contribution is 2.21. The van der Waals surface area contributed by atoms with E-state index < -0.39 is 10.0 Å². The number of rotatable bonds is 10. The third-order valence-electron chi connectivity index (χ3n) is 5.63. The summed E-state index contributed by atoms with van der Waals surface area (Å²) >= 11 is 0. The molecule has 3 aromatic carbocycles. The van der Waals surface area contributed by atoms with E-state index in [1.807, 2.05) is 61.5 Å². The van der Waals surface area contributed by atoms with Crippen LogP contribution in [0.5, 0.6) is 0 Å². The van der Waals surface area contributed by atoms with Gasteiger partial charge in [0, 0.05) is 31.3 Å². The summed E-state index contributed by atoms with van der Waals surface area (Å²) in [7, 11) is -2.21. The van der Waals surface area contributed by atoms with Gasteiger partial charge in [0.25, 0.3) is 0 Å². The van der Waals surface area contributed by atoms with Crippen molar-refractivity contribution in [3.63, 3.8) is 0 Å². The standard InChI is InChI=1S/C27H30N2O4S/c1-21-9-7-12-25(19-21)29(20-23-10-5-4-6-11-23)27(31)13-8-18-28(3)34(32,33)26-16-14-24(15-17-26)22(2)30/h4-7,9-12,14-17,19H,8,13,18,20H2,1-3H3. The van der Waals surface area contributed by atoms with Gasteiger partial charge in [0.1, 0.15) is 0 Å². The Morgan fingerprint density at radius 2 is 1.56 bits per heavy atom. The van der Waals surface area contributed by atoms with Gasteiger partial charge in [-0.1, -0.05) is 54.6 Å². The number of benzene rings is 3. The predicted octanol–water partition coefficient (Wildman–Crippen LogP) is 4.83. The van der Waals surface area contributed by atoms with Crippen LogP contribution in [0, 0.1) is 6.92 Å². The molecule has 3 aromatic rings. The molecule has 0 saturated heterocycles. The summed E-state index contributed by atoms with van der Waals surface area (Å²) < 4.78 is 27.0. The van der Waals surface area contributed by atoms with Gasteiger partial charge < -0.3 is 4.90 Å². The molecule has 0 radical (unpaired) electrons. The monoisotopic (exact) mass is 478 g/mol. The average Bonchev–Trinajstić information content (AvgIpc) is 2.83. The second-order valence-corrected chi connectivity index (χ2v) is 10.4. The Bertz CT molecular complexity index is 1240. The normalized spacial score (nSPS) is 11.4. The van der Waals surface area contributed by atoms with Crippen LogP contribution in [0.1, 0.15) is 41.3 Å². The molecule has 0 atom stereocenters. The fraction of sp³-hybridized carbons (Fsp3) is 0.259. The number of hydrogen-bond donors (Lipinski definition) is 0. The first-order chi connectivity index (χ1) is 16.2. The predicted molar refractivity (Wildman–Crippen MR) is 134 cm³/mol. The minimum Gasteiger partial charge on any atom is -0.308 e. The molecule has 6 nitrogen and oxygen atoms in total. The number of aryl methyl sites for hydroxylation is 1. The number of Topliss-reactive ketones (excluding diaryl/α,β-unsaturated/α-hetero) is 1. The van der Waals surface area contributed by atoms with Crippen LogP contribution in [0.2, 0.25) is 0 Å². The topological polar surface area (TPSA) is 74.8 Å². The molecule has 0 aliphatic heterocycles.